The number of nitrogens with zero attached hydrogens (tertiary/aromatic N) is 2. The summed E-state index contributed by atoms with van der Waals surface area (Å²) in [5.41, 5.74) is 6.41. The number of rotatable bonds is 2. The van der Waals surface area contributed by atoms with E-state index >= 15 is 0 Å². The Balaban J connectivity index is 2.60. The Bertz CT molecular complexity index is 198. The molecule has 62 valence electrons. The lowest BCUT2D eigenvalue weighted by molar-refractivity contribution is 0.168. The molecule has 0 aliphatic carbocycles. The summed E-state index contributed by atoms with van der Waals surface area (Å²) in [6.45, 7) is 1.95. The highest BCUT2D eigenvalue weighted by molar-refractivity contribution is 5.95. The van der Waals surface area contributed by atoms with Crippen molar-refractivity contribution >= 4 is 11.5 Å². The second-order valence-electron chi connectivity index (χ2n) is 2.56. The fraction of sp³-hybridized carbons (Fsp3) is 0.714. The molecule has 0 amide bonds. The Morgan fingerprint density at radius 1 is 1.45 bits per heavy atom. The van der Waals surface area contributed by atoms with Crippen LogP contribution in [0.4, 0.5) is 0 Å². The Labute approximate surface area is 66.1 Å². The largest absolute Gasteiger partial charge is 0.386 e. The summed E-state index contributed by atoms with van der Waals surface area (Å²) in [6.07, 6.45) is 1.73. The molecule has 0 bridgehead atoms. The second-order valence-corrected chi connectivity index (χ2v) is 2.56. The van der Waals surface area contributed by atoms with Gasteiger partial charge in [0.15, 0.2) is 0 Å². The zero-order valence-electron chi connectivity index (χ0n) is 6.87. The van der Waals surface area contributed by atoms with Crippen molar-refractivity contribution in [2.24, 2.45) is 15.9 Å². The molecule has 0 saturated carbocycles. The Kier molecular flexibility index (Phi) is 2.59. The first-order valence-corrected chi connectivity index (χ1v) is 3.65. The van der Waals surface area contributed by atoms with Crippen LogP contribution in [0.15, 0.2) is 10.2 Å². The van der Waals surface area contributed by atoms with Crippen LogP contribution < -0.4 is 5.73 Å². The molecule has 0 spiro atoms. The maximum Gasteiger partial charge on any atom is 0.122 e. The summed E-state index contributed by atoms with van der Waals surface area (Å²) in [4.78, 5) is 0. The lowest BCUT2D eigenvalue weighted by Gasteiger charge is -2.14. The fourth-order valence-electron chi connectivity index (χ4n) is 0.905. The summed E-state index contributed by atoms with van der Waals surface area (Å²) in [6, 6.07) is 0. The fourth-order valence-corrected chi connectivity index (χ4v) is 0.905. The van der Waals surface area contributed by atoms with Gasteiger partial charge in [-0.15, -0.1) is 5.10 Å². The van der Waals surface area contributed by atoms with Gasteiger partial charge in [-0.05, 0) is 13.3 Å². The van der Waals surface area contributed by atoms with Crippen LogP contribution in [0, 0.1) is 0 Å². The average Bonchev–Trinajstić information content (AvgIpc) is 2.05. The van der Waals surface area contributed by atoms with Crippen molar-refractivity contribution in [1.82, 2.24) is 0 Å². The Hall–Kier alpha value is -0.900. The van der Waals surface area contributed by atoms with Crippen LogP contribution in [0.5, 0.6) is 0 Å². The van der Waals surface area contributed by atoms with Gasteiger partial charge in [-0.3, -0.25) is 0 Å². The molecule has 11 heavy (non-hydrogen) atoms. The smallest absolute Gasteiger partial charge is 0.122 e. The summed E-state index contributed by atoms with van der Waals surface area (Å²) < 4.78 is 5.08. The van der Waals surface area contributed by atoms with Gasteiger partial charge in [0.05, 0.1) is 11.8 Å². The summed E-state index contributed by atoms with van der Waals surface area (Å²) in [5, 5.41) is 7.72. The summed E-state index contributed by atoms with van der Waals surface area (Å²) in [5.74, 6) is 0.608. The van der Waals surface area contributed by atoms with Gasteiger partial charge in [0.25, 0.3) is 0 Å². The number of nitrogens with two attached hydrogens (primary N) is 1. The van der Waals surface area contributed by atoms with Crippen LogP contribution in [-0.2, 0) is 4.74 Å². The molecule has 1 rings (SSSR count). The van der Waals surface area contributed by atoms with Crippen LogP contribution in [0.1, 0.15) is 19.8 Å². The number of hydrogen-bond donors (Lipinski definition) is 1. The Morgan fingerprint density at radius 3 is 2.64 bits per heavy atom. The van der Waals surface area contributed by atoms with E-state index in [0.717, 1.165) is 18.6 Å². The van der Waals surface area contributed by atoms with E-state index in [4.69, 9.17) is 10.5 Å². The molecular weight excluding hydrogens is 142 g/mol. The minimum atomic E-state index is 0.0619. The van der Waals surface area contributed by atoms with E-state index in [2.05, 4.69) is 10.2 Å². The van der Waals surface area contributed by atoms with Crippen molar-refractivity contribution in [3.8, 4) is 0 Å². The average molecular weight is 155 g/mol. The molecule has 1 aliphatic heterocycles. The third kappa shape index (κ3) is 2.01. The van der Waals surface area contributed by atoms with E-state index in [1.165, 1.54) is 0 Å². The number of amidine groups is 1. The first-order valence-electron chi connectivity index (χ1n) is 3.65. The van der Waals surface area contributed by atoms with Crippen molar-refractivity contribution in [1.29, 1.82) is 0 Å². The minimum Gasteiger partial charge on any atom is -0.386 e. The van der Waals surface area contributed by atoms with Crippen molar-refractivity contribution < 1.29 is 4.74 Å². The van der Waals surface area contributed by atoms with Gasteiger partial charge >= 0.3 is 0 Å². The molecule has 2 N–H and O–H groups in total. The standard InChI is InChI=1S/C7H13N3O/c1-5(11-2)6-3-4-7(8)10-9-6/h5H,3-4H2,1-2H3,(H2,8,10). The van der Waals surface area contributed by atoms with Crippen molar-refractivity contribution in [2.75, 3.05) is 7.11 Å². The van der Waals surface area contributed by atoms with Gasteiger partial charge in [-0.25, -0.2) is 0 Å². The predicted octanol–water partition coefficient (Wildman–Crippen LogP) is 0.528. The highest BCUT2D eigenvalue weighted by atomic mass is 16.5. The van der Waals surface area contributed by atoms with Crippen LogP contribution in [0.2, 0.25) is 0 Å². The molecule has 0 aromatic rings. The molecular formula is C7H13N3O. The summed E-state index contributed by atoms with van der Waals surface area (Å²) >= 11 is 0. The molecule has 4 heteroatoms. The lowest BCUT2D eigenvalue weighted by atomic mass is 10.1. The van der Waals surface area contributed by atoms with Crippen molar-refractivity contribution in [2.45, 2.75) is 25.9 Å². The van der Waals surface area contributed by atoms with E-state index in [1.54, 1.807) is 7.11 Å². The van der Waals surface area contributed by atoms with Crippen LogP contribution in [0.25, 0.3) is 0 Å². The molecule has 1 atom stereocenters. The van der Waals surface area contributed by atoms with E-state index in [9.17, 15) is 0 Å². The highest BCUT2D eigenvalue weighted by Gasteiger charge is 2.13. The van der Waals surface area contributed by atoms with Gasteiger partial charge in [0.2, 0.25) is 0 Å². The zero-order valence-corrected chi connectivity index (χ0v) is 6.87. The van der Waals surface area contributed by atoms with Crippen LogP contribution >= 0.6 is 0 Å². The van der Waals surface area contributed by atoms with E-state index < -0.39 is 0 Å². The quantitative estimate of drug-likeness (QED) is 0.632. The SMILES string of the molecule is COC(C)C1=NN=C(N)CC1. The van der Waals surface area contributed by atoms with Crippen LogP contribution in [0.3, 0.4) is 0 Å². The summed E-state index contributed by atoms with van der Waals surface area (Å²) in [7, 11) is 1.66. The van der Waals surface area contributed by atoms with Gasteiger partial charge < -0.3 is 10.5 Å². The van der Waals surface area contributed by atoms with Gasteiger partial charge in [0, 0.05) is 13.5 Å². The molecule has 1 unspecified atom stereocenters. The van der Waals surface area contributed by atoms with Crippen molar-refractivity contribution in [3.05, 3.63) is 0 Å². The van der Waals surface area contributed by atoms with Crippen LogP contribution in [-0.4, -0.2) is 24.8 Å². The van der Waals surface area contributed by atoms with E-state index in [1.807, 2.05) is 6.92 Å². The Morgan fingerprint density at radius 2 is 2.18 bits per heavy atom. The molecule has 0 radical (unpaired) electrons. The van der Waals surface area contributed by atoms with Gasteiger partial charge in [-0.2, -0.15) is 5.10 Å². The highest BCUT2D eigenvalue weighted by Crippen LogP contribution is 2.06. The lowest BCUT2D eigenvalue weighted by Crippen LogP contribution is -2.25. The first-order chi connectivity index (χ1) is 5.24. The topological polar surface area (TPSA) is 60.0 Å². The van der Waals surface area contributed by atoms with E-state index in [0.29, 0.717) is 5.84 Å². The normalized spacial score (nSPS) is 20.5. The molecule has 0 saturated heterocycles. The predicted molar refractivity (Wildman–Crippen MR) is 44.8 cm³/mol. The monoisotopic (exact) mass is 155 g/mol. The third-order valence-corrected chi connectivity index (χ3v) is 1.77. The molecule has 4 nitrogen and oxygen atoms in total. The molecule has 0 aromatic heterocycles. The second kappa shape index (κ2) is 3.48. The number of hydrogen-bond acceptors (Lipinski definition) is 4. The molecule has 0 fully saturated rings. The van der Waals surface area contributed by atoms with Gasteiger partial charge in [-0.1, -0.05) is 0 Å². The maximum atomic E-state index is 5.44. The van der Waals surface area contributed by atoms with Gasteiger partial charge in [0.1, 0.15) is 5.84 Å². The molecule has 1 aliphatic rings. The number of ether oxygens (including phenoxy) is 1. The number of methoxy groups -OCH3 is 1. The molecule has 0 aromatic carbocycles. The van der Waals surface area contributed by atoms with E-state index in [-0.39, 0.29) is 6.10 Å². The van der Waals surface area contributed by atoms with Crippen molar-refractivity contribution in [3.63, 3.8) is 0 Å². The minimum absolute atomic E-state index is 0.0619. The maximum absolute atomic E-state index is 5.44. The zero-order chi connectivity index (χ0) is 8.27. The molecule has 1 heterocycles. The first kappa shape index (κ1) is 8.20. The third-order valence-electron chi connectivity index (χ3n) is 1.77.